The van der Waals surface area contributed by atoms with E-state index in [9.17, 15) is 18.0 Å². The molecular formula is C31H38ClN3O6S. The number of hydrogen-bond donors (Lipinski definition) is 1. The fourth-order valence-electron chi connectivity index (χ4n) is 4.42. The fraction of sp³-hybridized carbons (Fsp3) is 0.355. The van der Waals surface area contributed by atoms with Gasteiger partial charge >= 0.3 is 0 Å². The Labute approximate surface area is 253 Å². The summed E-state index contributed by atoms with van der Waals surface area (Å²) < 4.78 is 39.9. The number of ether oxygens (including phenoxy) is 2. The lowest BCUT2D eigenvalue weighted by Crippen LogP contribution is -2.52. The Kier molecular flexibility index (Phi) is 11.6. The summed E-state index contributed by atoms with van der Waals surface area (Å²) in [6.07, 6.45) is 1.06. The SMILES string of the molecule is CCCNC(=O)[C@@H](CC)N(Cc1ccc(Cl)cc1)C(=O)CN(c1ccc(OC)c(OC)c1)S(=O)(=O)c1ccc(C)cc1. The van der Waals surface area contributed by atoms with Crippen molar-refractivity contribution >= 4 is 39.1 Å². The molecule has 0 aliphatic carbocycles. The van der Waals surface area contributed by atoms with Crippen LogP contribution in [0.2, 0.25) is 5.02 Å². The molecule has 9 nitrogen and oxygen atoms in total. The van der Waals surface area contributed by atoms with Crippen LogP contribution >= 0.6 is 11.6 Å². The molecule has 0 aromatic heterocycles. The van der Waals surface area contributed by atoms with Gasteiger partial charge in [-0.25, -0.2) is 8.42 Å². The van der Waals surface area contributed by atoms with Crippen LogP contribution in [0, 0.1) is 6.92 Å². The third kappa shape index (κ3) is 7.95. The summed E-state index contributed by atoms with van der Waals surface area (Å²) in [4.78, 5) is 28.8. The molecule has 0 aliphatic rings. The molecule has 0 aliphatic heterocycles. The van der Waals surface area contributed by atoms with E-state index in [0.29, 0.717) is 29.5 Å². The van der Waals surface area contributed by atoms with Crippen LogP contribution in [0.3, 0.4) is 0 Å². The molecule has 2 amide bonds. The van der Waals surface area contributed by atoms with Crippen LogP contribution in [0.4, 0.5) is 5.69 Å². The Morgan fingerprint density at radius 2 is 1.57 bits per heavy atom. The first-order valence-electron chi connectivity index (χ1n) is 13.7. The van der Waals surface area contributed by atoms with E-state index < -0.39 is 28.5 Å². The van der Waals surface area contributed by atoms with Crippen molar-refractivity contribution in [2.75, 3.05) is 31.6 Å². The molecule has 1 atom stereocenters. The summed E-state index contributed by atoms with van der Waals surface area (Å²) in [7, 11) is -1.30. The average Bonchev–Trinajstić information content (AvgIpc) is 2.99. The second kappa shape index (κ2) is 14.9. The van der Waals surface area contributed by atoms with Gasteiger partial charge in [-0.15, -0.1) is 0 Å². The van der Waals surface area contributed by atoms with E-state index in [1.54, 1.807) is 48.5 Å². The summed E-state index contributed by atoms with van der Waals surface area (Å²) in [6, 6.07) is 17.2. The molecule has 0 radical (unpaired) electrons. The van der Waals surface area contributed by atoms with Crippen LogP contribution < -0.4 is 19.1 Å². The largest absolute Gasteiger partial charge is 0.493 e. The van der Waals surface area contributed by atoms with Crippen LogP contribution in [0.5, 0.6) is 11.5 Å². The highest BCUT2D eigenvalue weighted by molar-refractivity contribution is 7.92. The lowest BCUT2D eigenvalue weighted by Gasteiger charge is -2.33. The van der Waals surface area contributed by atoms with Gasteiger partial charge in [0.2, 0.25) is 11.8 Å². The van der Waals surface area contributed by atoms with Gasteiger partial charge in [-0.3, -0.25) is 13.9 Å². The molecule has 0 heterocycles. The van der Waals surface area contributed by atoms with Crippen molar-refractivity contribution in [1.29, 1.82) is 0 Å². The molecule has 0 saturated carbocycles. The van der Waals surface area contributed by atoms with E-state index in [0.717, 1.165) is 21.9 Å². The summed E-state index contributed by atoms with van der Waals surface area (Å²) in [5.74, 6) is -0.145. The lowest BCUT2D eigenvalue weighted by molar-refractivity contribution is -0.140. The van der Waals surface area contributed by atoms with Gasteiger partial charge in [0.15, 0.2) is 11.5 Å². The van der Waals surface area contributed by atoms with E-state index in [2.05, 4.69) is 5.32 Å². The van der Waals surface area contributed by atoms with Crippen molar-refractivity contribution in [2.24, 2.45) is 0 Å². The maximum absolute atomic E-state index is 14.1. The highest BCUT2D eigenvalue weighted by Crippen LogP contribution is 2.34. The Bertz CT molecular complexity index is 1460. The molecule has 42 heavy (non-hydrogen) atoms. The molecule has 3 aromatic rings. The summed E-state index contributed by atoms with van der Waals surface area (Å²) in [5.41, 5.74) is 1.84. The first-order valence-corrected chi connectivity index (χ1v) is 15.5. The number of nitrogens with zero attached hydrogens (tertiary/aromatic N) is 2. The number of aryl methyl sites for hydroxylation is 1. The Balaban J connectivity index is 2.10. The molecule has 0 fully saturated rings. The number of halogens is 1. The molecule has 3 rings (SSSR count). The number of amides is 2. The summed E-state index contributed by atoms with van der Waals surface area (Å²) in [5, 5.41) is 3.41. The molecule has 0 unspecified atom stereocenters. The maximum Gasteiger partial charge on any atom is 0.264 e. The third-order valence-electron chi connectivity index (χ3n) is 6.74. The topological polar surface area (TPSA) is 105 Å². The van der Waals surface area contributed by atoms with Crippen LogP contribution in [0.1, 0.15) is 37.8 Å². The van der Waals surface area contributed by atoms with Crippen molar-refractivity contribution in [3.63, 3.8) is 0 Å². The summed E-state index contributed by atoms with van der Waals surface area (Å²) >= 11 is 6.07. The van der Waals surface area contributed by atoms with Crippen molar-refractivity contribution in [3.05, 3.63) is 82.9 Å². The van der Waals surface area contributed by atoms with E-state index in [1.165, 1.54) is 37.3 Å². The zero-order valence-corrected chi connectivity index (χ0v) is 26.2. The van der Waals surface area contributed by atoms with Gasteiger partial charge in [-0.05, 0) is 61.7 Å². The van der Waals surface area contributed by atoms with Crippen molar-refractivity contribution < 1.29 is 27.5 Å². The van der Waals surface area contributed by atoms with E-state index in [-0.39, 0.29) is 23.0 Å². The number of sulfonamides is 1. The molecule has 0 spiro atoms. The minimum Gasteiger partial charge on any atom is -0.493 e. The molecule has 11 heteroatoms. The van der Waals surface area contributed by atoms with E-state index >= 15 is 0 Å². The average molecular weight is 616 g/mol. The quantitative estimate of drug-likeness (QED) is 0.267. The van der Waals surface area contributed by atoms with Crippen LogP contribution in [0.15, 0.2) is 71.6 Å². The van der Waals surface area contributed by atoms with Crippen molar-refractivity contribution in [2.45, 2.75) is 51.1 Å². The van der Waals surface area contributed by atoms with Gasteiger partial charge in [-0.2, -0.15) is 0 Å². The van der Waals surface area contributed by atoms with Gasteiger partial charge in [0.25, 0.3) is 10.0 Å². The van der Waals surface area contributed by atoms with Gasteiger partial charge in [0.1, 0.15) is 12.6 Å². The fourth-order valence-corrected chi connectivity index (χ4v) is 5.95. The minimum atomic E-state index is -4.22. The second-order valence-electron chi connectivity index (χ2n) is 9.73. The van der Waals surface area contributed by atoms with Crippen LogP contribution in [-0.2, 0) is 26.2 Å². The maximum atomic E-state index is 14.1. The van der Waals surface area contributed by atoms with Gasteiger partial charge in [-0.1, -0.05) is 55.3 Å². The van der Waals surface area contributed by atoms with Crippen molar-refractivity contribution in [3.8, 4) is 11.5 Å². The minimum absolute atomic E-state index is 0.0210. The first-order chi connectivity index (χ1) is 20.0. The Morgan fingerprint density at radius 1 is 0.929 bits per heavy atom. The number of rotatable bonds is 14. The number of nitrogens with one attached hydrogen (secondary N) is 1. The number of hydrogen-bond acceptors (Lipinski definition) is 6. The van der Waals surface area contributed by atoms with Crippen molar-refractivity contribution in [1.82, 2.24) is 10.2 Å². The van der Waals surface area contributed by atoms with Crippen LogP contribution in [0.25, 0.3) is 0 Å². The molecule has 0 bridgehead atoms. The normalized spacial score (nSPS) is 11.9. The highest BCUT2D eigenvalue weighted by Gasteiger charge is 2.34. The molecule has 3 aromatic carbocycles. The zero-order valence-electron chi connectivity index (χ0n) is 24.6. The third-order valence-corrected chi connectivity index (χ3v) is 8.78. The lowest BCUT2D eigenvalue weighted by atomic mass is 10.1. The number of carbonyl (C=O) groups excluding carboxylic acids is 2. The molecular weight excluding hydrogens is 578 g/mol. The standard InChI is InChI=1S/C31H38ClN3O6S/c1-6-18-33-31(37)27(7-2)34(20-23-10-12-24(32)13-11-23)30(36)21-35(25-14-17-28(40-4)29(19-25)41-5)42(38,39)26-15-8-22(3)9-16-26/h8-17,19,27H,6-7,18,20-21H2,1-5H3,(H,33,37)/t27-/m1/s1. The number of benzene rings is 3. The number of carbonyl (C=O) groups is 2. The Morgan fingerprint density at radius 3 is 2.14 bits per heavy atom. The smallest absolute Gasteiger partial charge is 0.264 e. The number of methoxy groups -OCH3 is 2. The van der Waals surface area contributed by atoms with E-state index in [4.69, 9.17) is 21.1 Å². The first kappa shape index (κ1) is 32.8. The highest BCUT2D eigenvalue weighted by atomic mass is 35.5. The molecule has 1 N–H and O–H groups in total. The predicted molar refractivity (Wildman–Crippen MR) is 165 cm³/mol. The zero-order chi connectivity index (χ0) is 30.9. The summed E-state index contributed by atoms with van der Waals surface area (Å²) in [6.45, 7) is 5.59. The monoisotopic (exact) mass is 615 g/mol. The molecule has 0 saturated heterocycles. The van der Waals surface area contributed by atoms with Gasteiger partial charge < -0.3 is 19.7 Å². The van der Waals surface area contributed by atoms with Gasteiger partial charge in [0.05, 0.1) is 24.8 Å². The number of anilines is 1. The predicted octanol–water partition coefficient (Wildman–Crippen LogP) is 5.19. The van der Waals surface area contributed by atoms with Gasteiger partial charge in [0, 0.05) is 24.2 Å². The molecule has 226 valence electrons. The van der Waals surface area contributed by atoms with Crippen LogP contribution in [-0.4, -0.2) is 58.5 Å². The second-order valence-corrected chi connectivity index (χ2v) is 12.0. The Hall–Kier alpha value is -3.76. The van der Waals surface area contributed by atoms with E-state index in [1.807, 2.05) is 20.8 Å².